The summed E-state index contributed by atoms with van der Waals surface area (Å²) in [7, 11) is 4.60. The van der Waals surface area contributed by atoms with Crippen molar-refractivity contribution < 1.29 is 18.7 Å². The molecule has 0 aliphatic rings. The topological polar surface area (TPSA) is 126 Å². The SMILES string of the molecule is C=Nc1nc[nH]c1C(=NC)c1cccnc1Nc1ccc(F)c(NC(=O)c2cc(OC)cc(OC)c2)c1. The molecule has 1 amide bonds. The molecule has 11 heteroatoms. The van der Waals surface area contributed by atoms with Crippen LogP contribution in [-0.4, -0.2) is 54.6 Å². The molecular formula is C26H24FN7O3. The summed E-state index contributed by atoms with van der Waals surface area (Å²) in [4.78, 5) is 32.8. The van der Waals surface area contributed by atoms with Crippen LogP contribution in [0.2, 0.25) is 0 Å². The van der Waals surface area contributed by atoms with E-state index in [1.165, 1.54) is 50.9 Å². The van der Waals surface area contributed by atoms with E-state index in [0.29, 0.717) is 45.8 Å². The Labute approximate surface area is 212 Å². The van der Waals surface area contributed by atoms with Crippen LogP contribution in [0.4, 0.5) is 27.4 Å². The zero-order valence-electron chi connectivity index (χ0n) is 20.4. The first kappa shape index (κ1) is 25.0. The van der Waals surface area contributed by atoms with Crippen LogP contribution < -0.4 is 20.1 Å². The maximum absolute atomic E-state index is 14.7. The number of carbonyl (C=O) groups excluding carboxylic acids is 1. The largest absolute Gasteiger partial charge is 0.497 e. The van der Waals surface area contributed by atoms with E-state index in [0.717, 1.165) is 0 Å². The van der Waals surface area contributed by atoms with Crippen LogP contribution in [0.1, 0.15) is 21.6 Å². The molecule has 0 aliphatic heterocycles. The Balaban J connectivity index is 1.62. The number of H-pyrrole nitrogens is 1. The van der Waals surface area contributed by atoms with E-state index in [-0.39, 0.29) is 11.3 Å². The number of carbonyl (C=O) groups is 1. The average molecular weight is 502 g/mol. The van der Waals surface area contributed by atoms with E-state index in [1.807, 2.05) is 6.07 Å². The lowest BCUT2D eigenvalue weighted by atomic mass is 10.1. The second-order valence-electron chi connectivity index (χ2n) is 7.61. The minimum absolute atomic E-state index is 0.0228. The number of aromatic amines is 1. The quantitative estimate of drug-likeness (QED) is 0.284. The first-order valence-electron chi connectivity index (χ1n) is 11.0. The van der Waals surface area contributed by atoms with Crippen molar-refractivity contribution in [3.8, 4) is 11.5 Å². The first-order chi connectivity index (χ1) is 18.0. The number of benzene rings is 2. The van der Waals surface area contributed by atoms with Gasteiger partial charge >= 0.3 is 0 Å². The standard InChI is InChI=1S/C26H24FN7O3/c1-28-22(23-25(29-2)32-14-31-23)19-6-5-9-30-24(19)33-16-7-8-20(27)21(12-16)34-26(35)15-10-17(36-3)13-18(11-15)37-4/h5-14H,2H2,1,3-4H3,(H,30,33)(H,31,32)(H,34,35). The summed E-state index contributed by atoms with van der Waals surface area (Å²) in [6.45, 7) is 3.54. The molecule has 0 spiro atoms. The zero-order chi connectivity index (χ0) is 26.4. The number of hydrogen-bond acceptors (Lipinski definition) is 8. The van der Waals surface area contributed by atoms with Gasteiger partial charge in [-0.3, -0.25) is 9.79 Å². The van der Waals surface area contributed by atoms with E-state index < -0.39 is 11.7 Å². The first-order valence-corrected chi connectivity index (χ1v) is 11.0. The average Bonchev–Trinajstić information content (AvgIpc) is 3.40. The number of amides is 1. The number of aliphatic imine (C=N–C) groups is 2. The highest BCUT2D eigenvalue weighted by molar-refractivity contribution is 6.16. The Bertz CT molecular complexity index is 1460. The lowest BCUT2D eigenvalue weighted by molar-refractivity contribution is 0.102. The molecule has 10 nitrogen and oxygen atoms in total. The van der Waals surface area contributed by atoms with Crippen molar-refractivity contribution in [2.24, 2.45) is 9.98 Å². The molecule has 0 fully saturated rings. The van der Waals surface area contributed by atoms with E-state index in [2.05, 4.69) is 42.3 Å². The van der Waals surface area contributed by atoms with Crippen LogP contribution in [0, 0.1) is 5.82 Å². The second-order valence-corrected chi connectivity index (χ2v) is 7.61. The molecule has 4 rings (SSSR count). The molecule has 0 radical (unpaired) electrons. The maximum Gasteiger partial charge on any atom is 0.256 e. The van der Waals surface area contributed by atoms with Gasteiger partial charge in [0.1, 0.15) is 28.8 Å². The Kier molecular flexibility index (Phi) is 7.53. The smallest absolute Gasteiger partial charge is 0.256 e. The van der Waals surface area contributed by atoms with Gasteiger partial charge in [0.25, 0.3) is 5.91 Å². The minimum atomic E-state index is -0.607. The van der Waals surface area contributed by atoms with Crippen LogP contribution in [0.5, 0.6) is 11.5 Å². The monoisotopic (exact) mass is 501 g/mol. The fourth-order valence-electron chi connectivity index (χ4n) is 3.61. The number of methoxy groups -OCH3 is 2. The molecule has 0 saturated carbocycles. The van der Waals surface area contributed by atoms with Crippen LogP contribution in [-0.2, 0) is 0 Å². The van der Waals surface area contributed by atoms with Gasteiger partial charge < -0.3 is 25.1 Å². The molecule has 4 aromatic rings. The molecule has 188 valence electrons. The fraction of sp³-hybridized carbons (Fsp3) is 0.115. The van der Waals surface area contributed by atoms with Crippen molar-refractivity contribution in [3.63, 3.8) is 0 Å². The highest BCUT2D eigenvalue weighted by atomic mass is 19.1. The highest BCUT2D eigenvalue weighted by Crippen LogP contribution is 2.28. The molecule has 37 heavy (non-hydrogen) atoms. The van der Waals surface area contributed by atoms with E-state index in [4.69, 9.17) is 9.47 Å². The molecule has 3 N–H and O–H groups in total. The lowest BCUT2D eigenvalue weighted by Gasteiger charge is -2.14. The van der Waals surface area contributed by atoms with Crippen LogP contribution in [0.3, 0.4) is 0 Å². The molecule has 2 heterocycles. The lowest BCUT2D eigenvalue weighted by Crippen LogP contribution is -2.14. The minimum Gasteiger partial charge on any atom is -0.497 e. The van der Waals surface area contributed by atoms with Crippen molar-refractivity contribution in [1.29, 1.82) is 0 Å². The van der Waals surface area contributed by atoms with E-state index in [1.54, 1.807) is 25.4 Å². The number of imidazole rings is 1. The van der Waals surface area contributed by atoms with Crippen LogP contribution in [0.15, 0.2) is 71.0 Å². The predicted molar refractivity (Wildman–Crippen MR) is 141 cm³/mol. The number of rotatable bonds is 9. The molecule has 2 aromatic heterocycles. The summed E-state index contributed by atoms with van der Waals surface area (Å²) >= 11 is 0. The van der Waals surface area contributed by atoms with Crippen molar-refractivity contribution in [2.45, 2.75) is 0 Å². The van der Waals surface area contributed by atoms with Gasteiger partial charge in [-0.1, -0.05) is 0 Å². The zero-order valence-corrected chi connectivity index (χ0v) is 20.4. The number of pyridine rings is 1. The summed E-state index contributed by atoms with van der Waals surface area (Å²) in [5, 5.41) is 5.77. The van der Waals surface area contributed by atoms with Gasteiger partial charge in [0.05, 0.1) is 31.9 Å². The van der Waals surface area contributed by atoms with Gasteiger partial charge in [-0.25, -0.2) is 19.4 Å². The summed E-state index contributed by atoms with van der Waals surface area (Å²) in [5.41, 5.74) is 2.49. The van der Waals surface area contributed by atoms with Gasteiger partial charge in [-0.2, -0.15) is 0 Å². The third-order valence-electron chi connectivity index (χ3n) is 5.38. The maximum atomic E-state index is 14.7. The summed E-state index contributed by atoms with van der Waals surface area (Å²) < 4.78 is 25.1. The van der Waals surface area contributed by atoms with Crippen molar-refractivity contribution in [2.75, 3.05) is 31.9 Å². The second kappa shape index (κ2) is 11.1. The Hall–Kier alpha value is -5.06. The molecule has 2 aromatic carbocycles. The van der Waals surface area contributed by atoms with Crippen molar-refractivity contribution in [3.05, 3.63) is 83.7 Å². The molecule has 0 atom stereocenters. The Morgan fingerprint density at radius 2 is 1.84 bits per heavy atom. The number of aromatic nitrogens is 3. The Morgan fingerprint density at radius 1 is 1.08 bits per heavy atom. The normalized spacial score (nSPS) is 11.1. The van der Waals surface area contributed by atoms with Gasteiger partial charge in [0, 0.05) is 36.1 Å². The number of halogens is 1. The van der Waals surface area contributed by atoms with Crippen molar-refractivity contribution >= 4 is 41.3 Å². The van der Waals surface area contributed by atoms with Gasteiger partial charge in [0.2, 0.25) is 0 Å². The highest BCUT2D eigenvalue weighted by Gasteiger charge is 2.18. The summed E-state index contributed by atoms with van der Waals surface area (Å²) in [6, 6.07) is 12.5. The molecule has 0 saturated heterocycles. The third kappa shape index (κ3) is 5.45. The van der Waals surface area contributed by atoms with E-state index in [9.17, 15) is 9.18 Å². The van der Waals surface area contributed by atoms with Crippen molar-refractivity contribution in [1.82, 2.24) is 15.0 Å². The number of nitrogens with one attached hydrogen (secondary N) is 3. The molecule has 0 aliphatic carbocycles. The number of ether oxygens (including phenoxy) is 2. The van der Waals surface area contributed by atoms with Gasteiger partial charge in [-0.15, -0.1) is 0 Å². The molecule has 0 bridgehead atoms. The van der Waals surface area contributed by atoms with Gasteiger partial charge in [-0.05, 0) is 49.2 Å². The third-order valence-corrected chi connectivity index (χ3v) is 5.38. The number of nitrogens with zero attached hydrogens (tertiary/aromatic N) is 4. The molecule has 0 unspecified atom stereocenters. The van der Waals surface area contributed by atoms with Crippen LogP contribution >= 0.6 is 0 Å². The summed E-state index contributed by atoms with van der Waals surface area (Å²) in [6.07, 6.45) is 3.11. The Morgan fingerprint density at radius 3 is 2.51 bits per heavy atom. The fourth-order valence-corrected chi connectivity index (χ4v) is 3.61. The van der Waals surface area contributed by atoms with Crippen LogP contribution in [0.25, 0.3) is 0 Å². The number of hydrogen-bond donors (Lipinski definition) is 3. The predicted octanol–water partition coefficient (Wildman–Crippen LogP) is 4.76. The van der Waals surface area contributed by atoms with Gasteiger partial charge in [0.15, 0.2) is 5.82 Å². The number of anilines is 3. The van der Waals surface area contributed by atoms with E-state index >= 15 is 0 Å². The summed E-state index contributed by atoms with van der Waals surface area (Å²) in [5.74, 6) is 0.582. The molecular weight excluding hydrogens is 477 g/mol.